The van der Waals surface area contributed by atoms with Gasteiger partial charge in [-0.3, -0.25) is 0 Å². The van der Waals surface area contributed by atoms with Crippen LogP contribution in [0.25, 0.3) is 0 Å². The minimum absolute atomic E-state index is 0. The Morgan fingerprint density at radius 1 is 1.11 bits per heavy atom. The summed E-state index contributed by atoms with van der Waals surface area (Å²) in [6.07, 6.45) is 1.41. The summed E-state index contributed by atoms with van der Waals surface area (Å²) in [7, 11) is 0. The van der Waals surface area contributed by atoms with E-state index >= 15 is 0 Å². The summed E-state index contributed by atoms with van der Waals surface area (Å²) in [4.78, 5) is 0. The van der Waals surface area contributed by atoms with Gasteiger partial charge in [-0.25, -0.2) is 0 Å². The fourth-order valence-corrected chi connectivity index (χ4v) is 1.43. The van der Waals surface area contributed by atoms with Crippen molar-refractivity contribution in [1.29, 1.82) is 0 Å². The molecule has 0 saturated carbocycles. The van der Waals surface area contributed by atoms with Gasteiger partial charge in [0.25, 0.3) is 0 Å². The Labute approximate surface area is 68.1 Å². The van der Waals surface area contributed by atoms with E-state index in [1.165, 1.54) is 19.5 Å². The third kappa shape index (κ3) is 3.24. The molecule has 1 heterocycles. The molecule has 0 aromatic rings. The van der Waals surface area contributed by atoms with E-state index in [4.69, 9.17) is 0 Å². The Bertz CT molecular complexity index is 67.3. The molecule has 1 radical (unpaired) electrons. The Balaban J connectivity index is 0.000000640. The van der Waals surface area contributed by atoms with Crippen molar-refractivity contribution in [2.45, 2.75) is 20.3 Å². The Morgan fingerprint density at radius 3 is 1.78 bits per heavy atom. The molecule has 0 aliphatic carbocycles. The fraction of sp³-hybridized carbons (Fsp3) is 1.00. The zero-order valence-corrected chi connectivity index (χ0v) is 7.02. The maximum atomic E-state index is 3.38. The predicted octanol–water partition coefficient (Wildman–Crippen LogP) is 1.25. The summed E-state index contributed by atoms with van der Waals surface area (Å²) < 4.78 is 0. The van der Waals surface area contributed by atoms with Crippen LogP contribution in [0, 0.1) is 11.8 Å². The van der Waals surface area contributed by atoms with Crippen molar-refractivity contribution in [3.05, 3.63) is 0 Å². The normalized spacial score (nSPS) is 35.3. The second-order valence-corrected chi connectivity index (χ2v) is 3.10. The maximum Gasteiger partial charge on any atom is 0 e. The van der Waals surface area contributed by atoms with Crippen molar-refractivity contribution in [3.8, 4) is 0 Å². The smallest absolute Gasteiger partial charge is 0 e. The third-order valence-corrected chi connectivity index (χ3v) is 1.79. The van der Waals surface area contributed by atoms with Gasteiger partial charge in [0, 0.05) is 17.1 Å². The van der Waals surface area contributed by atoms with Crippen molar-refractivity contribution in [3.63, 3.8) is 0 Å². The molecule has 0 bridgehead atoms. The van der Waals surface area contributed by atoms with E-state index in [0.29, 0.717) is 0 Å². The monoisotopic (exact) mass is 176 g/mol. The zero-order valence-electron chi connectivity index (χ0n) is 6.08. The predicted molar refractivity (Wildman–Crippen MR) is 35.8 cm³/mol. The molecule has 2 atom stereocenters. The number of hydrogen-bond acceptors (Lipinski definition) is 1. The molecule has 2 unspecified atom stereocenters. The zero-order chi connectivity index (χ0) is 5.98. The van der Waals surface area contributed by atoms with Crippen LogP contribution < -0.4 is 5.32 Å². The van der Waals surface area contributed by atoms with Crippen LogP contribution in [0.3, 0.4) is 0 Å². The molecule has 1 fully saturated rings. The second kappa shape index (κ2) is 4.32. The number of piperidine rings is 1. The minimum atomic E-state index is 0. The van der Waals surface area contributed by atoms with Crippen LogP contribution in [-0.4, -0.2) is 13.1 Å². The van der Waals surface area contributed by atoms with Gasteiger partial charge in [-0.15, -0.1) is 0 Å². The molecule has 1 aliphatic rings. The van der Waals surface area contributed by atoms with Crippen molar-refractivity contribution >= 4 is 0 Å². The molecule has 0 spiro atoms. The molecule has 1 saturated heterocycles. The van der Waals surface area contributed by atoms with E-state index in [1.807, 2.05) is 0 Å². The SMILES string of the molecule is CC1CNCC(C)C1.[Cu]. The van der Waals surface area contributed by atoms with Gasteiger partial charge in [0.2, 0.25) is 0 Å². The van der Waals surface area contributed by atoms with Crippen LogP contribution in [0.5, 0.6) is 0 Å². The fourth-order valence-electron chi connectivity index (χ4n) is 1.43. The topological polar surface area (TPSA) is 12.0 Å². The molecule has 0 amide bonds. The number of nitrogens with one attached hydrogen (secondary N) is 1. The molecule has 59 valence electrons. The molecule has 1 nitrogen and oxygen atoms in total. The van der Waals surface area contributed by atoms with Crippen LogP contribution >= 0.6 is 0 Å². The van der Waals surface area contributed by atoms with Crippen LogP contribution in [0.2, 0.25) is 0 Å². The number of rotatable bonds is 0. The van der Waals surface area contributed by atoms with Crippen LogP contribution in [0.1, 0.15) is 20.3 Å². The van der Waals surface area contributed by atoms with Crippen molar-refractivity contribution < 1.29 is 17.1 Å². The first-order chi connectivity index (χ1) is 3.79. The molecule has 2 heteroatoms. The first-order valence-corrected chi connectivity index (χ1v) is 3.49. The summed E-state index contributed by atoms with van der Waals surface area (Å²) in [5, 5.41) is 3.38. The molecule has 0 aromatic heterocycles. The first kappa shape index (κ1) is 9.48. The van der Waals surface area contributed by atoms with Gasteiger partial charge in [-0.05, 0) is 31.3 Å². The molecule has 1 N–H and O–H groups in total. The van der Waals surface area contributed by atoms with Crippen molar-refractivity contribution in [2.24, 2.45) is 11.8 Å². The van der Waals surface area contributed by atoms with Crippen molar-refractivity contribution in [2.75, 3.05) is 13.1 Å². The Kier molecular flexibility index (Phi) is 4.55. The molecular formula is C7H15CuN. The van der Waals surface area contributed by atoms with E-state index in [2.05, 4.69) is 19.2 Å². The van der Waals surface area contributed by atoms with Crippen molar-refractivity contribution in [1.82, 2.24) is 5.32 Å². The Hall–Kier alpha value is 0.479. The van der Waals surface area contributed by atoms with E-state index in [9.17, 15) is 0 Å². The van der Waals surface area contributed by atoms with E-state index < -0.39 is 0 Å². The molecule has 1 rings (SSSR count). The van der Waals surface area contributed by atoms with Gasteiger partial charge in [0.15, 0.2) is 0 Å². The quantitative estimate of drug-likeness (QED) is 0.548. The Morgan fingerprint density at radius 2 is 1.56 bits per heavy atom. The van der Waals surface area contributed by atoms with Gasteiger partial charge in [0.1, 0.15) is 0 Å². The minimum Gasteiger partial charge on any atom is -0.316 e. The molecule has 0 aromatic carbocycles. The largest absolute Gasteiger partial charge is 0.316 e. The number of hydrogen-bond donors (Lipinski definition) is 1. The van der Waals surface area contributed by atoms with Gasteiger partial charge in [-0.2, -0.15) is 0 Å². The van der Waals surface area contributed by atoms with Crippen LogP contribution in [0.4, 0.5) is 0 Å². The third-order valence-electron chi connectivity index (χ3n) is 1.79. The summed E-state index contributed by atoms with van der Waals surface area (Å²) in [6.45, 7) is 7.07. The average Bonchev–Trinajstić information content (AvgIpc) is 1.64. The van der Waals surface area contributed by atoms with Gasteiger partial charge in [0.05, 0.1) is 0 Å². The van der Waals surface area contributed by atoms with Gasteiger partial charge >= 0.3 is 0 Å². The summed E-state index contributed by atoms with van der Waals surface area (Å²) in [5.74, 6) is 1.80. The van der Waals surface area contributed by atoms with E-state index in [1.54, 1.807) is 0 Å². The first-order valence-electron chi connectivity index (χ1n) is 3.49. The molecule has 9 heavy (non-hydrogen) atoms. The standard InChI is InChI=1S/C7H15N.Cu/c1-6-3-7(2)5-8-4-6;/h6-8H,3-5H2,1-2H3;. The summed E-state index contributed by atoms with van der Waals surface area (Å²) in [6, 6.07) is 0. The maximum absolute atomic E-state index is 3.38. The van der Waals surface area contributed by atoms with E-state index in [0.717, 1.165) is 11.8 Å². The van der Waals surface area contributed by atoms with Crippen LogP contribution in [0.15, 0.2) is 0 Å². The van der Waals surface area contributed by atoms with Crippen LogP contribution in [-0.2, 0) is 17.1 Å². The molecule has 1 aliphatic heterocycles. The second-order valence-electron chi connectivity index (χ2n) is 3.10. The summed E-state index contributed by atoms with van der Waals surface area (Å²) >= 11 is 0. The van der Waals surface area contributed by atoms with Gasteiger partial charge < -0.3 is 5.32 Å². The van der Waals surface area contributed by atoms with E-state index in [-0.39, 0.29) is 17.1 Å². The molecular weight excluding hydrogens is 162 g/mol. The average molecular weight is 177 g/mol. The summed E-state index contributed by atoms with van der Waals surface area (Å²) in [5.41, 5.74) is 0. The van der Waals surface area contributed by atoms with Gasteiger partial charge in [-0.1, -0.05) is 13.8 Å².